The van der Waals surface area contributed by atoms with Crippen molar-refractivity contribution < 1.29 is 14.3 Å². The fraction of sp³-hybridized carbons (Fsp3) is 0.476. The highest BCUT2D eigenvalue weighted by Gasteiger charge is 2.36. The molecule has 1 unspecified atom stereocenters. The molecule has 1 aromatic heterocycles. The van der Waals surface area contributed by atoms with E-state index in [1.165, 1.54) is 6.07 Å². The molecule has 1 amide bonds. The summed E-state index contributed by atoms with van der Waals surface area (Å²) in [4.78, 5) is 30.7. The Kier molecular flexibility index (Phi) is 7.85. The van der Waals surface area contributed by atoms with E-state index in [0.717, 1.165) is 5.56 Å². The number of carboxylic acid groups (broad SMARTS) is 1. The fourth-order valence-corrected chi connectivity index (χ4v) is 3.84. The summed E-state index contributed by atoms with van der Waals surface area (Å²) in [5, 5.41) is 12.4. The Labute approximate surface area is 183 Å². The van der Waals surface area contributed by atoms with Crippen LogP contribution in [-0.4, -0.2) is 36.1 Å². The molecule has 0 aliphatic rings. The van der Waals surface area contributed by atoms with Crippen molar-refractivity contribution in [2.24, 2.45) is 0 Å². The van der Waals surface area contributed by atoms with Gasteiger partial charge in [0.25, 0.3) is 5.56 Å². The van der Waals surface area contributed by atoms with Crippen molar-refractivity contribution in [1.82, 2.24) is 15.3 Å². The number of aromatic nitrogens is 2. The minimum Gasteiger partial charge on any atom is -0.465 e. The van der Waals surface area contributed by atoms with E-state index in [-0.39, 0.29) is 16.4 Å². The number of nitrogens with zero attached hydrogens (tertiary/aromatic N) is 1. The van der Waals surface area contributed by atoms with Gasteiger partial charge >= 0.3 is 6.09 Å². The van der Waals surface area contributed by atoms with E-state index < -0.39 is 20.5 Å². The summed E-state index contributed by atoms with van der Waals surface area (Å²) in [6, 6.07) is 7.83. The third-order valence-electron chi connectivity index (χ3n) is 5.42. The number of aromatic amines is 1. The highest BCUT2D eigenvalue weighted by molar-refractivity contribution is 6.74. The van der Waals surface area contributed by atoms with Crippen LogP contribution < -0.4 is 10.9 Å². The second-order valence-electron chi connectivity index (χ2n) is 8.81. The first-order valence-electron chi connectivity index (χ1n) is 9.85. The highest BCUT2D eigenvalue weighted by atomic mass is 35.5. The summed E-state index contributed by atoms with van der Waals surface area (Å²) < 4.78 is 6.17. The van der Waals surface area contributed by atoms with Gasteiger partial charge in [-0.2, -0.15) is 0 Å². The smallest absolute Gasteiger partial charge is 0.405 e. The number of carbonyl (C=O) groups is 1. The van der Waals surface area contributed by atoms with Gasteiger partial charge in [0.1, 0.15) is 5.82 Å². The summed E-state index contributed by atoms with van der Waals surface area (Å²) >= 11 is 5.92. The Hall–Kier alpha value is -2.16. The zero-order valence-electron chi connectivity index (χ0n) is 18.1. The first-order valence-corrected chi connectivity index (χ1v) is 13.1. The standard InChI is InChI=1S/C21H30ClN3O4Si/c1-21(2,3)30(4,5)29-11-10-16-13-18(26)25-19(23-16)17(24-20(27)28)12-14-6-8-15(22)9-7-14/h6-9,13,17,24H,10-12H2,1-5H3,(H,27,28)(H,23,25,26). The molecule has 0 fully saturated rings. The zero-order chi connectivity index (χ0) is 22.5. The lowest BCUT2D eigenvalue weighted by Crippen LogP contribution is -2.41. The molecule has 2 rings (SSSR count). The number of H-pyrrole nitrogens is 1. The lowest BCUT2D eigenvalue weighted by Gasteiger charge is -2.36. The van der Waals surface area contributed by atoms with Crippen LogP contribution in [0.5, 0.6) is 0 Å². The Morgan fingerprint density at radius 1 is 1.30 bits per heavy atom. The molecule has 0 radical (unpaired) electrons. The fourth-order valence-electron chi connectivity index (χ4n) is 2.67. The molecule has 0 saturated heterocycles. The topological polar surface area (TPSA) is 104 Å². The molecule has 2 aromatic rings. The average Bonchev–Trinajstić information content (AvgIpc) is 2.61. The molecular weight excluding hydrogens is 422 g/mol. The van der Waals surface area contributed by atoms with Crippen molar-refractivity contribution in [3.63, 3.8) is 0 Å². The second-order valence-corrected chi connectivity index (χ2v) is 14.1. The van der Waals surface area contributed by atoms with Crippen molar-refractivity contribution in [2.45, 2.75) is 57.8 Å². The molecule has 0 saturated carbocycles. The van der Waals surface area contributed by atoms with Crippen LogP contribution >= 0.6 is 11.6 Å². The Morgan fingerprint density at radius 2 is 1.93 bits per heavy atom. The van der Waals surface area contributed by atoms with Gasteiger partial charge in [-0.05, 0) is 35.8 Å². The summed E-state index contributed by atoms with van der Waals surface area (Å²) in [6.45, 7) is 11.3. The largest absolute Gasteiger partial charge is 0.465 e. The lowest BCUT2D eigenvalue weighted by molar-refractivity contribution is 0.189. The van der Waals surface area contributed by atoms with E-state index in [2.05, 4.69) is 49.1 Å². The minimum absolute atomic E-state index is 0.0921. The quantitative estimate of drug-likeness (QED) is 0.511. The van der Waals surface area contributed by atoms with Gasteiger partial charge in [-0.25, -0.2) is 9.78 Å². The van der Waals surface area contributed by atoms with Crippen molar-refractivity contribution in [2.75, 3.05) is 6.61 Å². The van der Waals surface area contributed by atoms with Crippen molar-refractivity contribution in [1.29, 1.82) is 0 Å². The van der Waals surface area contributed by atoms with Crippen molar-refractivity contribution in [3.05, 3.63) is 62.8 Å². The number of benzene rings is 1. The SMILES string of the molecule is CC(C)(C)[Si](C)(C)OCCc1cc(=O)[nH]c(C(Cc2ccc(Cl)cc2)NC(=O)O)n1. The summed E-state index contributed by atoms with van der Waals surface area (Å²) in [7, 11) is -1.90. The Morgan fingerprint density at radius 3 is 2.50 bits per heavy atom. The van der Waals surface area contributed by atoms with Crippen LogP contribution in [-0.2, 0) is 17.3 Å². The maximum Gasteiger partial charge on any atom is 0.405 e. The summed E-state index contributed by atoms with van der Waals surface area (Å²) in [5.74, 6) is 0.280. The maximum atomic E-state index is 12.2. The number of halogens is 1. The highest BCUT2D eigenvalue weighted by Crippen LogP contribution is 2.36. The van der Waals surface area contributed by atoms with Crippen LogP contribution in [0.1, 0.15) is 43.9 Å². The minimum atomic E-state index is -1.90. The molecule has 164 valence electrons. The van der Waals surface area contributed by atoms with E-state index >= 15 is 0 Å². The monoisotopic (exact) mass is 451 g/mol. The van der Waals surface area contributed by atoms with Gasteiger partial charge in [-0.1, -0.05) is 44.5 Å². The Bertz CT molecular complexity index is 923. The van der Waals surface area contributed by atoms with Crippen molar-refractivity contribution >= 4 is 26.0 Å². The molecular formula is C21H30ClN3O4Si. The van der Waals surface area contributed by atoms with Gasteiger partial charge in [0.2, 0.25) is 0 Å². The lowest BCUT2D eigenvalue weighted by atomic mass is 10.1. The molecule has 1 aromatic carbocycles. The van der Waals surface area contributed by atoms with E-state index in [1.807, 2.05) is 12.1 Å². The normalized spacial score (nSPS) is 13.1. The first kappa shape index (κ1) is 24.1. The molecule has 0 aliphatic heterocycles. The molecule has 9 heteroatoms. The Balaban J connectivity index is 2.19. The molecule has 7 nitrogen and oxygen atoms in total. The summed E-state index contributed by atoms with van der Waals surface area (Å²) in [6.07, 6.45) is -0.385. The molecule has 0 bridgehead atoms. The van der Waals surface area contributed by atoms with Crippen LogP contribution in [0.2, 0.25) is 23.2 Å². The van der Waals surface area contributed by atoms with E-state index in [4.69, 9.17) is 16.0 Å². The molecule has 30 heavy (non-hydrogen) atoms. The predicted octanol–water partition coefficient (Wildman–Crippen LogP) is 4.54. The molecule has 0 aliphatic carbocycles. The number of hydrogen-bond acceptors (Lipinski definition) is 4. The van der Waals surface area contributed by atoms with Gasteiger partial charge in [-0.15, -0.1) is 0 Å². The number of hydrogen-bond donors (Lipinski definition) is 3. The third-order valence-corrected chi connectivity index (χ3v) is 10.2. The average molecular weight is 452 g/mol. The van der Waals surface area contributed by atoms with Crippen LogP contribution in [0, 0.1) is 0 Å². The van der Waals surface area contributed by atoms with Gasteiger partial charge in [-0.3, -0.25) is 4.79 Å². The van der Waals surface area contributed by atoms with E-state index in [9.17, 15) is 14.7 Å². The van der Waals surface area contributed by atoms with Gasteiger partial charge in [0.05, 0.1) is 11.7 Å². The van der Waals surface area contributed by atoms with Crippen molar-refractivity contribution in [3.8, 4) is 0 Å². The van der Waals surface area contributed by atoms with Gasteiger partial charge < -0.3 is 19.8 Å². The van der Waals surface area contributed by atoms with Gasteiger partial charge in [0.15, 0.2) is 8.32 Å². The molecule has 3 N–H and O–H groups in total. The van der Waals surface area contributed by atoms with Gasteiger partial charge in [0, 0.05) is 30.5 Å². The van der Waals surface area contributed by atoms with E-state index in [1.54, 1.807) is 12.1 Å². The van der Waals surface area contributed by atoms with Crippen LogP contribution in [0.3, 0.4) is 0 Å². The van der Waals surface area contributed by atoms with Crippen LogP contribution in [0.15, 0.2) is 35.1 Å². The summed E-state index contributed by atoms with van der Waals surface area (Å²) in [5.41, 5.74) is 1.11. The second kappa shape index (κ2) is 9.76. The first-order chi connectivity index (χ1) is 13.9. The predicted molar refractivity (Wildman–Crippen MR) is 121 cm³/mol. The molecule has 1 atom stereocenters. The van der Waals surface area contributed by atoms with Crippen LogP contribution in [0.4, 0.5) is 4.79 Å². The van der Waals surface area contributed by atoms with E-state index in [0.29, 0.717) is 30.2 Å². The maximum absolute atomic E-state index is 12.2. The number of nitrogens with one attached hydrogen (secondary N) is 2. The van der Waals surface area contributed by atoms with Crippen LogP contribution in [0.25, 0.3) is 0 Å². The zero-order valence-corrected chi connectivity index (χ0v) is 19.8. The number of amides is 1. The molecule has 1 heterocycles. The molecule has 0 spiro atoms. The number of rotatable bonds is 8. The third kappa shape index (κ3) is 6.96.